The van der Waals surface area contributed by atoms with Crippen LogP contribution in [0.2, 0.25) is 0 Å². The van der Waals surface area contributed by atoms with E-state index in [-0.39, 0.29) is 18.9 Å². The molecule has 17 atom stereocenters. The molecule has 0 aromatic rings. The van der Waals surface area contributed by atoms with Gasteiger partial charge in [0.1, 0.15) is 73.2 Å². The van der Waals surface area contributed by atoms with Gasteiger partial charge < -0.3 is 89.9 Å². The standard InChI is InChI=1S/C74H137NO18/c1-3-5-7-9-11-13-15-17-18-19-20-21-22-23-24-25-26-27-28-29-30-31-32-33-34-35-36-37-38-39-40-42-44-46-48-50-52-62(80)75-57(58(79)51-49-47-45-43-41-16-14-12-10-8-6-4-2)56-88-72-68(86)65(83)70(60(54-77)90-72)93-74-69(87)66(84)71(61(55-78)91-74)92-73-67(85)64(82)63(81)59(53-76)89-73/h10,12,41,43,49,51,57-61,63-74,76-79,81-87H,3-9,11,13-40,42,44-48,50,52-56H2,1-2H3,(H,75,80)/b12-10+,43-41+,51-49+. The van der Waals surface area contributed by atoms with Crippen molar-refractivity contribution in [3.63, 3.8) is 0 Å². The maximum atomic E-state index is 13.4. The maximum absolute atomic E-state index is 13.4. The highest BCUT2D eigenvalue weighted by atomic mass is 16.8. The molecule has 0 spiro atoms. The van der Waals surface area contributed by atoms with E-state index >= 15 is 0 Å². The molecule has 0 radical (unpaired) electrons. The molecule has 0 aromatic heterocycles. The van der Waals surface area contributed by atoms with Crippen molar-refractivity contribution in [3.05, 3.63) is 36.5 Å². The molecule has 0 aliphatic carbocycles. The summed E-state index contributed by atoms with van der Waals surface area (Å²) < 4.78 is 34.3. The molecule has 12 N–H and O–H groups in total. The van der Waals surface area contributed by atoms with Crippen molar-refractivity contribution in [2.75, 3.05) is 26.4 Å². The summed E-state index contributed by atoms with van der Waals surface area (Å²) in [6.45, 7) is 1.67. The average Bonchev–Trinajstić information content (AvgIpc) is 0.856. The van der Waals surface area contributed by atoms with Gasteiger partial charge >= 0.3 is 0 Å². The maximum Gasteiger partial charge on any atom is 0.220 e. The van der Waals surface area contributed by atoms with E-state index in [2.05, 4.69) is 43.5 Å². The number of nitrogens with one attached hydrogen (secondary N) is 1. The van der Waals surface area contributed by atoms with Gasteiger partial charge in [-0.15, -0.1) is 0 Å². The molecule has 3 heterocycles. The molecule has 93 heavy (non-hydrogen) atoms. The highest BCUT2D eigenvalue weighted by Gasteiger charge is 2.53. The zero-order valence-electron chi connectivity index (χ0n) is 58.0. The quantitative estimate of drug-likeness (QED) is 0.0199. The Kier molecular flexibility index (Phi) is 51.2. The fraction of sp³-hybridized carbons (Fsp3) is 0.905. The van der Waals surface area contributed by atoms with Gasteiger partial charge in [0.15, 0.2) is 18.9 Å². The van der Waals surface area contributed by atoms with E-state index in [0.717, 1.165) is 44.9 Å². The lowest BCUT2D eigenvalue weighted by molar-refractivity contribution is -0.379. The number of amides is 1. The number of hydrogen-bond acceptors (Lipinski definition) is 18. The third kappa shape index (κ3) is 37.1. The van der Waals surface area contributed by atoms with Crippen LogP contribution in [0.1, 0.15) is 296 Å². The lowest BCUT2D eigenvalue weighted by Gasteiger charge is -2.48. The van der Waals surface area contributed by atoms with Crippen molar-refractivity contribution in [2.24, 2.45) is 0 Å². The lowest BCUT2D eigenvalue weighted by atomic mass is 9.96. The molecule has 1 amide bonds. The van der Waals surface area contributed by atoms with Crippen LogP contribution in [0.4, 0.5) is 0 Å². The van der Waals surface area contributed by atoms with Gasteiger partial charge in [0, 0.05) is 6.42 Å². The third-order valence-electron chi connectivity index (χ3n) is 18.9. The van der Waals surface area contributed by atoms with Gasteiger partial charge in [0.05, 0.1) is 38.6 Å². The number of carbonyl (C=O) groups excluding carboxylic acids is 1. The Bertz CT molecular complexity index is 1830. The van der Waals surface area contributed by atoms with Crippen molar-refractivity contribution < 1.29 is 89.4 Å². The molecule has 17 unspecified atom stereocenters. The van der Waals surface area contributed by atoms with E-state index in [1.807, 2.05) is 6.08 Å². The molecular weight excluding hydrogens is 1190 g/mol. The van der Waals surface area contributed by atoms with Crippen LogP contribution in [0, 0.1) is 0 Å². The van der Waals surface area contributed by atoms with Crippen LogP contribution in [0.3, 0.4) is 0 Å². The van der Waals surface area contributed by atoms with E-state index in [9.17, 15) is 61.0 Å². The molecule has 3 fully saturated rings. The van der Waals surface area contributed by atoms with E-state index in [1.54, 1.807) is 6.08 Å². The molecule has 546 valence electrons. The van der Waals surface area contributed by atoms with Crippen molar-refractivity contribution in [3.8, 4) is 0 Å². The predicted molar refractivity (Wildman–Crippen MR) is 365 cm³/mol. The number of hydrogen-bond donors (Lipinski definition) is 12. The Morgan fingerprint density at radius 2 is 0.688 bits per heavy atom. The Hall–Kier alpha value is -1.99. The molecule has 3 saturated heterocycles. The number of rotatable bonds is 59. The SMILES string of the molecule is CCCC/C=C/CC/C=C/CC/C=C/C(O)C(COC1OC(CO)C(OC2OC(CO)C(OC3OC(CO)C(O)C(O)C3O)C(O)C2O)C(O)C1O)NC(=O)CCCCCCCCCCCCCCCCCCCCCCCCCCCCCCCCCCCCCC. The zero-order chi connectivity index (χ0) is 67.5. The fourth-order valence-electron chi connectivity index (χ4n) is 12.8. The highest BCUT2D eigenvalue weighted by Crippen LogP contribution is 2.33. The summed E-state index contributed by atoms with van der Waals surface area (Å²) in [6.07, 6.45) is 40.4. The molecular formula is C74H137NO18. The van der Waals surface area contributed by atoms with Crippen LogP contribution < -0.4 is 5.32 Å². The number of aliphatic hydroxyl groups is 11. The zero-order valence-corrected chi connectivity index (χ0v) is 58.0. The van der Waals surface area contributed by atoms with Gasteiger partial charge in [-0.05, 0) is 38.5 Å². The molecule has 19 nitrogen and oxygen atoms in total. The Labute approximate surface area is 561 Å². The smallest absolute Gasteiger partial charge is 0.220 e. The van der Waals surface area contributed by atoms with Crippen LogP contribution in [0.15, 0.2) is 36.5 Å². The fourth-order valence-corrected chi connectivity index (χ4v) is 12.8. The van der Waals surface area contributed by atoms with Crippen molar-refractivity contribution >= 4 is 5.91 Å². The van der Waals surface area contributed by atoms with Crippen LogP contribution in [-0.2, 0) is 33.2 Å². The number of unbranched alkanes of at least 4 members (excludes halogenated alkanes) is 39. The first-order chi connectivity index (χ1) is 45.3. The van der Waals surface area contributed by atoms with Crippen molar-refractivity contribution in [2.45, 2.75) is 401 Å². The van der Waals surface area contributed by atoms with Crippen LogP contribution >= 0.6 is 0 Å². The van der Waals surface area contributed by atoms with Crippen molar-refractivity contribution in [1.29, 1.82) is 0 Å². The summed E-state index contributed by atoms with van der Waals surface area (Å²) in [6, 6.07) is -0.993. The number of aliphatic hydroxyl groups excluding tert-OH is 11. The molecule has 0 aromatic carbocycles. The first-order valence-electron chi connectivity index (χ1n) is 37.7. The summed E-state index contributed by atoms with van der Waals surface area (Å²) in [7, 11) is 0. The Morgan fingerprint density at radius 1 is 0.376 bits per heavy atom. The monoisotopic (exact) mass is 1330 g/mol. The van der Waals surface area contributed by atoms with Gasteiger partial charge in [0.2, 0.25) is 5.91 Å². The molecule has 3 aliphatic rings. The second kappa shape index (κ2) is 55.8. The minimum atomic E-state index is -1.98. The summed E-state index contributed by atoms with van der Waals surface area (Å²) in [4.78, 5) is 13.4. The van der Waals surface area contributed by atoms with Crippen molar-refractivity contribution in [1.82, 2.24) is 5.32 Å². The second-order valence-corrected chi connectivity index (χ2v) is 27.1. The van der Waals surface area contributed by atoms with Gasteiger partial charge in [-0.3, -0.25) is 4.79 Å². The average molecular weight is 1330 g/mol. The molecule has 0 saturated carbocycles. The number of ether oxygens (including phenoxy) is 6. The second-order valence-electron chi connectivity index (χ2n) is 27.1. The molecule has 3 aliphatic heterocycles. The van der Waals surface area contributed by atoms with E-state index in [0.29, 0.717) is 12.8 Å². The van der Waals surface area contributed by atoms with Crippen LogP contribution in [0.25, 0.3) is 0 Å². The summed E-state index contributed by atoms with van der Waals surface area (Å²) in [5.74, 6) is -0.286. The summed E-state index contributed by atoms with van der Waals surface area (Å²) >= 11 is 0. The predicted octanol–water partition coefficient (Wildman–Crippen LogP) is 11.2. The topological polar surface area (TPSA) is 307 Å². The van der Waals surface area contributed by atoms with Gasteiger partial charge in [-0.2, -0.15) is 0 Å². The van der Waals surface area contributed by atoms with Gasteiger partial charge in [0.25, 0.3) is 0 Å². The summed E-state index contributed by atoms with van der Waals surface area (Å²) in [5, 5.41) is 120. The first-order valence-corrected chi connectivity index (χ1v) is 37.7. The normalized spacial score (nSPS) is 27.7. The lowest BCUT2D eigenvalue weighted by Crippen LogP contribution is -2.66. The van der Waals surface area contributed by atoms with Gasteiger partial charge in [-0.1, -0.05) is 288 Å². The van der Waals surface area contributed by atoms with E-state index < -0.39 is 124 Å². The Balaban J connectivity index is 1.30. The van der Waals surface area contributed by atoms with Crippen LogP contribution in [0.5, 0.6) is 0 Å². The number of carbonyl (C=O) groups is 1. The molecule has 3 rings (SSSR count). The Morgan fingerprint density at radius 3 is 1.06 bits per heavy atom. The molecule has 19 heteroatoms. The minimum Gasteiger partial charge on any atom is -0.394 e. The highest BCUT2D eigenvalue weighted by molar-refractivity contribution is 5.76. The largest absolute Gasteiger partial charge is 0.394 e. The van der Waals surface area contributed by atoms with Gasteiger partial charge in [-0.25, -0.2) is 0 Å². The van der Waals surface area contributed by atoms with E-state index in [1.165, 1.54) is 218 Å². The number of allylic oxidation sites excluding steroid dienone is 5. The van der Waals surface area contributed by atoms with E-state index in [4.69, 9.17) is 28.4 Å². The molecule has 0 bridgehead atoms. The van der Waals surface area contributed by atoms with Crippen LogP contribution in [-0.4, -0.2) is 193 Å². The summed E-state index contributed by atoms with van der Waals surface area (Å²) in [5.41, 5.74) is 0. The third-order valence-corrected chi connectivity index (χ3v) is 18.9. The first kappa shape index (κ1) is 85.2. The minimum absolute atomic E-state index is 0.236.